The Bertz CT molecular complexity index is 441. The molecule has 1 fully saturated rings. The number of carbonyl (C=O) groups excluding carboxylic acids is 1. The Labute approximate surface area is 114 Å². The van der Waals surface area contributed by atoms with Crippen molar-refractivity contribution in [3.05, 3.63) is 48.6 Å². The molecule has 0 aliphatic heterocycles. The summed E-state index contributed by atoms with van der Waals surface area (Å²) in [6.45, 7) is 3.46. The van der Waals surface area contributed by atoms with E-state index >= 15 is 0 Å². The molecule has 19 heavy (non-hydrogen) atoms. The summed E-state index contributed by atoms with van der Waals surface area (Å²) in [5.41, 5.74) is 0.539. The molecule has 102 valence electrons. The summed E-state index contributed by atoms with van der Waals surface area (Å²) in [6, 6.07) is 10.0. The molecule has 1 aliphatic carbocycles. The molecule has 0 bridgehead atoms. The zero-order chi connectivity index (χ0) is 13.7. The fraction of sp³-hybridized carbons (Fsp3) is 0.438. The molecule has 3 nitrogen and oxygen atoms in total. The first kappa shape index (κ1) is 13.8. The first-order chi connectivity index (χ1) is 9.23. The topological polar surface area (TPSA) is 35.5 Å². The van der Waals surface area contributed by atoms with E-state index in [1.165, 1.54) is 6.08 Å². The molecule has 1 aromatic rings. The summed E-state index contributed by atoms with van der Waals surface area (Å²) in [5, 5.41) is 0. The van der Waals surface area contributed by atoms with Crippen LogP contribution in [0.1, 0.15) is 31.2 Å². The van der Waals surface area contributed by atoms with Crippen molar-refractivity contribution in [2.45, 2.75) is 37.4 Å². The lowest BCUT2D eigenvalue weighted by molar-refractivity contribution is -0.175. The second kappa shape index (κ2) is 6.02. The van der Waals surface area contributed by atoms with E-state index in [0.29, 0.717) is 0 Å². The molecule has 0 saturated heterocycles. The fourth-order valence-corrected chi connectivity index (χ4v) is 2.86. The highest BCUT2D eigenvalue weighted by Crippen LogP contribution is 2.41. The molecule has 0 radical (unpaired) electrons. The smallest absolute Gasteiger partial charge is 0.330 e. The zero-order valence-corrected chi connectivity index (χ0v) is 11.3. The summed E-state index contributed by atoms with van der Waals surface area (Å²) in [6.07, 6.45) is 4.77. The van der Waals surface area contributed by atoms with Crippen molar-refractivity contribution >= 4 is 5.97 Å². The Morgan fingerprint density at radius 2 is 2.11 bits per heavy atom. The van der Waals surface area contributed by atoms with E-state index in [0.717, 1.165) is 31.2 Å². The number of carbonyl (C=O) groups is 1. The second-order valence-corrected chi connectivity index (χ2v) is 4.84. The van der Waals surface area contributed by atoms with E-state index in [-0.39, 0.29) is 12.1 Å². The van der Waals surface area contributed by atoms with Crippen molar-refractivity contribution in [1.29, 1.82) is 0 Å². The zero-order valence-electron chi connectivity index (χ0n) is 11.3. The molecule has 1 aliphatic rings. The van der Waals surface area contributed by atoms with Crippen LogP contribution in [-0.2, 0) is 19.9 Å². The van der Waals surface area contributed by atoms with Gasteiger partial charge < -0.3 is 9.47 Å². The van der Waals surface area contributed by atoms with Gasteiger partial charge in [0.25, 0.3) is 0 Å². The third-order valence-corrected chi connectivity index (χ3v) is 3.84. The van der Waals surface area contributed by atoms with Gasteiger partial charge in [0.05, 0.1) is 0 Å². The Balaban J connectivity index is 2.33. The molecule has 2 unspecified atom stereocenters. The van der Waals surface area contributed by atoms with Gasteiger partial charge in [-0.2, -0.15) is 0 Å². The molecule has 2 rings (SSSR count). The van der Waals surface area contributed by atoms with Crippen molar-refractivity contribution in [2.24, 2.45) is 0 Å². The molecule has 1 aromatic carbocycles. The maximum Gasteiger partial charge on any atom is 0.330 e. The lowest BCUT2D eigenvalue weighted by Gasteiger charge is -2.42. The third kappa shape index (κ3) is 2.71. The highest BCUT2D eigenvalue weighted by Gasteiger charge is 2.44. The van der Waals surface area contributed by atoms with Gasteiger partial charge in [-0.25, -0.2) is 4.79 Å². The molecule has 3 heteroatoms. The molecule has 0 spiro atoms. The van der Waals surface area contributed by atoms with Crippen LogP contribution < -0.4 is 0 Å². The fourth-order valence-electron chi connectivity index (χ4n) is 2.86. The molecular formula is C16H20O3. The lowest BCUT2D eigenvalue weighted by Crippen LogP contribution is -2.46. The summed E-state index contributed by atoms with van der Waals surface area (Å²) >= 11 is 0. The molecule has 1 saturated carbocycles. The third-order valence-electron chi connectivity index (χ3n) is 3.84. The van der Waals surface area contributed by atoms with Crippen molar-refractivity contribution in [2.75, 3.05) is 7.11 Å². The van der Waals surface area contributed by atoms with Gasteiger partial charge in [-0.3, -0.25) is 0 Å². The molecule has 0 aromatic heterocycles. The van der Waals surface area contributed by atoms with E-state index < -0.39 is 5.60 Å². The van der Waals surface area contributed by atoms with Crippen LogP contribution in [0.2, 0.25) is 0 Å². The van der Waals surface area contributed by atoms with E-state index in [4.69, 9.17) is 9.47 Å². The van der Waals surface area contributed by atoms with Crippen LogP contribution in [0.25, 0.3) is 0 Å². The van der Waals surface area contributed by atoms with Crippen LogP contribution in [-0.4, -0.2) is 19.2 Å². The van der Waals surface area contributed by atoms with Crippen molar-refractivity contribution in [1.82, 2.24) is 0 Å². The number of esters is 1. The standard InChI is InChI=1S/C16H20O3/c1-3-15(17)19-14-11-7-8-12-16(14,18-2)13-9-5-4-6-10-13/h3-6,9-10,14H,1,7-8,11-12H2,2H3. The SMILES string of the molecule is C=CC(=O)OC1CCCCC1(OC)c1ccccc1. The van der Waals surface area contributed by atoms with Crippen LogP contribution >= 0.6 is 0 Å². The van der Waals surface area contributed by atoms with Gasteiger partial charge in [0.15, 0.2) is 0 Å². The Morgan fingerprint density at radius 1 is 1.37 bits per heavy atom. The highest BCUT2D eigenvalue weighted by molar-refractivity contribution is 5.81. The number of hydrogen-bond acceptors (Lipinski definition) is 3. The highest BCUT2D eigenvalue weighted by atomic mass is 16.6. The van der Waals surface area contributed by atoms with Gasteiger partial charge in [0.2, 0.25) is 0 Å². The van der Waals surface area contributed by atoms with Crippen LogP contribution in [0.3, 0.4) is 0 Å². The number of methoxy groups -OCH3 is 1. The van der Waals surface area contributed by atoms with Gasteiger partial charge in [-0.1, -0.05) is 36.9 Å². The summed E-state index contributed by atoms with van der Waals surface area (Å²) in [4.78, 5) is 11.5. The predicted octanol–water partition coefficient (Wildman–Crippen LogP) is 3.20. The second-order valence-electron chi connectivity index (χ2n) is 4.84. The van der Waals surface area contributed by atoms with E-state index in [1.54, 1.807) is 7.11 Å². The number of benzene rings is 1. The van der Waals surface area contributed by atoms with E-state index in [9.17, 15) is 4.79 Å². The lowest BCUT2D eigenvalue weighted by atomic mass is 9.77. The molecular weight excluding hydrogens is 240 g/mol. The van der Waals surface area contributed by atoms with Crippen LogP contribution in [0.4, 0.5) is 0 Å². The number of rotatable bonds is 4. The quantitative estimate of drug-likeness (QED) is 0.616. The first-order valence-corrected chi connectivity index (χ1v) is 6.66. The Hall–Kier alpha value is -1.61. The van der Waals surface area contributed by atoms with Crippen molar-refractivity contribution in [3.63, 3.8) is 0 Å². The summed E-state index contributed by atoms with van der Waals surface area (Å²) in [7, 11) is 1.69. The normalized spacial score (nSPS) is 26.7. The number of hydrogen-bond donors (Lipinski definition) is 0. The van der Waals surface area contributed by atoms with E-state index in [2.05, 4.69) is 6.58 Å². The predicted molar refractivity (Wildman–Crippen MR) is 73.7 cm³/mol. The molecule has 0 amide bonds. The summed E-state index contributed by atoms with van der Waals surface area (Å²) < 4.78 is 11.3. The van der Waals surface area contributed by atoms with Gasteiger partial charge in [0.1, 0.15) is 11.7 Å². The van der Waals surface area contributed by atoms with Gasteiger partial charge in [-0.15, -0.1) is 0 Å². The monoisotopic (exact) mass is 260 g/mol. The summed E-state index contributed by atoms with van der Waals surface area (Å²) in [5.74, 6) is -0.385. The number of ether oxygens (including phenoxy) is 2. The van der Waals surface area contributed by atoms with Gasteiger partial charge >= 0.3 is 5.97 Å². The average Bonchev–Trinajstić information content (AvgIpc) is 2.48. The largest absolute Gasteiger partial charge is 0.456 e. The maximum absolute atomic E-state index is 11.5. The molecule has 0 heterocycles. The van der Waals surface area contributed by atoms with E-state index in [1.807, 2.05) is 30.3 Å². The molecule has 0 N–H and O–H groups in total. The van der Waals surface area contributed by atoms with Gasteiger partial charge in [-0.05, 0) is 31.2 Å². The van der Waals surface area contributed by atoms with Crippen LogP contribution in [0.5, 0.6) is 0 Å². The maximum atomic E-state index is 11.5. The minimum Gasteiger partial charge on any atom is -0.456 e. The molecule has 2 atom stereocenters. The van der Waals surface area contributed by atoms with Crippen molar-refractivity contribution < 1.29 is 14.3 Å². The Kier molecular flexibility index (Phi) is 4.38. The average molecular weight is 260 g/mol. The minimum absolute atomic E-state index is 0.251. The first-order valence-electron chi connectivity index (χ1n) is 6.66. The van der Waals surface area contributed by atoms with Crippen molar-refractivity contribution in [3.8, 4) is 0 Å². The van der Waals surface area contributed by atoms with Crippen LogP contribution in [0.15, 0.2) is 43.0 Å². The minimum atomic E-state index is -0.530. The van der Waals surface area contributed by atoms with Gasteiger partial charge in [0, 0.05) is 13.2 Å². The van der Waals surface area contributed by atoms with Crippen LogP contribution in [0, 0.1) is 0 Å². The Morgan fingerprint density at radius 3 is 2.74 bits per heavy atom.